The van der Waals surface area contributed by atoms with E-state index in [0.29, 0.717) is 27.6 Å². The fraction of sp³-hybridized carbons (Fsp3) is 0.0588. The molecular formula is C17H12FN5O2S. The lowest BCUT2D eigenvalue weighted by Gasteiger charge is -2.04. The molecule has 3 heterocycles. The van der Waals surface area contributed by atoms with Crippen LogP contribution in [0, 0.1) is 5.82 Å². The van der Waals surface area contributed by atoms with Gasteiger partial charge in [0, 0.05) is 18.8 Å². The summed E-state index contributed by atoms with van der Waals surface area (Å²) in [5, 5.41) is 12.5. The average Bonchev–Trinajstić information content (AvgIpc) is 3.35. The molecule has 26 heavy (non-hydrogen) atoms. The Morgan fingerprint density at radius 1 is 1.23 bits per heavy atom. The fourth-order valence-electron chi connectivity index (χ4n) is 2.39. The van der Waals surface area contributed by atoms with Gasteiger partial charge in [-0.15, -0.1) is 11.3 Å². The maximum absolute atomic E-state index is 13.0. The lowest BCUT2D eigenvalue weighted by Crippen LogP contribution is -2.16. The molecular weight excluding hydrogens is 357 g/mol. The Morgan fingerprint density at radius 2 is 2.04 bits per heavy atom. The summed E-state index contributed by atoms with van der Waals surface area (Å²) in [5.74, 6) is -0.00393. The van der Waals surface area contributed by atoms with Gasteiger partial charge in [0.25, 0.3) is 11.8 Å². The minimum Gasteiger partial charge on any atom is -0.333 e. The number of nitrogens with zero attached hydrogens (tertiary/aromatic N) is 4. The van der Waals surface area contributed by atoms with E-state index in [-0.39, 0.29) is 17.6 Å². The van der Waals surface area contributed by atoms with Gasteiger partial charge in [-0.1, -0.05) is 5.16 Å². The number of carbonyl (C=O) groups is 1. The first-order valence-electron chi connectivity index (χ1n) is 7.58. The van der Waals surface area contributed by atoms with Gasteiger partial charge in [-0.3, -0.25) is 9.48 Å². The minimum atomic E-state index is -0.337. The van der Waals surface area contributed by atoms with E-state index in [9.17, 15) is 9.18 Å². The number of thiophene rings is 1. The predicted octanol–water partition coefficient (Wildman–Crippen LogP) is 3.59. The molecule has 0 fully saturated rings. The molecule has 3 aromatic heterocycles. The van der Waals surface area contributed by atoms with E-state index in [4.69, 9.17) is 4.52 Å². The number of aryl methyl sites for hydroxylation is 1. The van der Waals surface area contributed by atoms with Gasteiger partial charge >= 0.3 is 0 Å². The molecule has 1 aromatic carbocycles. The molecule has 0 aliphatic rings. The van der Waals surface area contributed by atoms with E-state index in [0.717, 1.165) is 0 Å². The highest BCUT2D eigenvalue weighted by Gasteiger charge is 2.18. The molecule has 130 valence electrons. The molecule has 9 heteroatoms. The maximum Gasteiger partial charge on any atom is 0.273 e. The highest BCUT2D eigenvalue weighted by Crippen LogP contribution is 2.34. The van der Waals surface area contributed by atoms with Crippen molar-refractivity contribution in [3.05, 3.63) is 59.5 Å². The van der Waals surface area contributed by atoms with Gasteiger partial charge < -0.3 is 9.84 Å². The van der Waals surface area contributed by atoms with Crippen LogP contribution in [-0.2, 0) is 7.05 Å². The fourth-order valence-corrected chi connectivity index (χ4v) is 3.16. The average molecular weight is 369 g/mol. The summed E-state index contributed by atoms with van der Waals surface area (Å²) in [6.45, 7) is 0. The van der Waals surface area contributed by atoms with Gasteiger partial charge in [-0.05, 0) is 41.8 Å². The Hall–Kier alpha value is -3.33. The van der Waals surface area contributed by atoms with Crippen LogP contribution < -0.4 is 5.32 Å². The van der Waals surface area contributed by atoms with E-state index < -0.39 is 0 Å². The predicted molar refractivity (Wildman–Crippen MR) is 94.2 cm³/mol. The summed E-state index contributed by atoms with van der Waals surface area (Å²) >= 11 is 1.36. The summed E-state index contributed by atoms with van der Waals surface area (Å²) in [5.41, 5.74) is 1.63. The van der Waals surface area contributed by atoms with Crippen LogP contribution in [0.3, 0.4) is 0 Å². The number of benzene rings is 1. The van der Waals surface area contributed by atoms with E-state index >= 15 is 0 Å². The smallest absolute Gasteiger partial charge is 0.273 e. The SMILES string of the molecule is Cn1nccc1C(=O)Nc1ccsc1-c1nc(-c2ccc(F)cc2)no1. The molecule has 0 radical (unpaired) electrons. The van der Waals surface area contributed by atoms with Crippen LogP contribution in [-0.4, -0.2) is 25.8 Å². The van der Waals surface area contributed by atoms with E-state index in [1.54, 1.807) is 37.5 Å². The summed E-state index contributed by atoms with van der Waals surface area (Å²) in [6, 6.07) is 9.19. The van der Waals surface area contributed by atoms with Crippen LogP contribution in [0.15, 0.2) is 52.5 Å². The van der Waals surface area contributed by atoms with Crippen LogP contribution in [0.25, 0.3) is 22.2 Å². The minimum absolute atomic E-state index is 0.277. The Kier molecular flexibility index (Phi) is 4.05. The number of hydrogen-bond acceptors (Lipinski definition) is 6. The lowest BCUT2D eigenvalue weighted by atomic mass is 10.2. The zero-order chi connectivity index (χ0) is 18.1. The number of halogens is 1. The van der Waals surface area contributed by atoms with Crippen molar-refractivity contribution in [2.45, 2.75) is 0 Å². The van der Waals surface area contributed by atoms with Crippen LogP contribution in [0.1, 0.15) is 10.5 Å². The monoisotopic (exact) mass is 369 g/mol. The molecule has 4 rings (SSSR count). The van der Waals surface area contributed by atoms with Gasteiger partial charge in [-0.2, -0.15) is 10.1 Å². The largest absolute Gasteiger partial charge is 0.333 e. The van der Waals surface area contributed by atoms with Crippen LogP contribution in [0.4, 0.5) is 10.1 Å². The van der Waals surface area contributed by atoms with E-state index in [2.05, 4.69) is 20.6 Å². The molecule has 0 aliphatic heterocycles. The maximum atomic E-state index is 13.0. The highest BCUT2D eigenvalue weighted by atomic mass is 32.1. The third kappa shape index (κ3) is 3.00. The summed E-state index contributed by atoms with van der Waals surface area (Å²) in [7, 11) is 1.69. The molecule has 1 amide bonds. The van der Waals surface area contributed by atoms with Gasteiger partial charge in [0.1, 0.15) is 16.4 Å². The van der Waals surface area contributed by atoms with E-state index in [1.165, 1.54) is 28.2 Å². The van der Waals surface area contributed by atoms with Crippen molar-refractivity contribution in [2.24, 2.45) is 7.05 Å². The van der Waals surface area contributed by atoms with Gasteiger partial charge in [0.15, 0.2) is 0 Å². The third-order valence-corrected chi connectivity index (χ3v) is 4.59. The first-order chi connectivity index (χ1) is 12.6. The molecule has 0 aliphatic carbocycles. The molecule has 0 saturated heterocycles. The quantitative estimate of drug-likeness (QED) is 0.594. The highest BCUT2D eigenvalue weighted by molar-refractivity contribution is 7.14. The Labute approximate surface area is 151 Å². The summed E-state index contributed by atoms with van der Waals surface area (Å²) < 4.78 is 19.8. The number of amides is 1. The first-order valence-corrected chi connectivity index (χ1v) is 8.46. The van der Waals surface area contributed by atoms with Gasteiger partial charge in [0.2, 0.25) is 5.82 Å². The normalized spacial score (nSPS) is 10.8. The summed E-state index contributed by atoms with van der Waals surface area (Å²) in [4.78, 5) is 17.3. The Bertz CT molecular complexity index is 1070. The van der Waals surface area contributed by atoms with E-state index in [1.807, 2.05) is 5.38 Å². The van der Waals surface area contributed by atoms with Crippen molar-refractivity contribution in [2.75, 3.05) is 5.32 Å². The number of nitrogens with one attached hydrogen (secondary N) is 1. The topological polar surface area (TPSA) is 85.8 Å². The molecule has 0 bridgehead atoms. The first kappa shape index (κ1) is 16.2. The van der Waals surface area contributed by atoms with Gasteiger partial charge in [0.05, 0.1) is 5.69 Å². The molecule has 0 unspecified atom stereocenters. The van der Waals surface area contributed by atoms with Crippen molar-refractivity contribution in [1.29, 1.82) is 0 Å². The van der Waals surface area contributed by atoms with Crippen molar-refractivity contribution in [3.63, 3.8) is 0 Å². The molecule has 0 atom stereocenters. The number of rotatable bonds is 4. The second-order valence-corrected chi connectivity index (χ2v) is 6.30. The number of hydrogen-bond donors (Lipinski definition) is 1. The molecule has 1 N–H and O–H groups in total. The Morgan fingerprint density at radius 3 is 2.77 bits per heavy atom. The zero-order valence-electron chi connectivity index (χ0n) is 13.5. The number of carbonyl (C=O) groups excluding carboxylic acids is 1. The van der Waals surface area contributed by atoms with Gasteiger partial charge in [-0.25, -0.2) is 4.39 Å². The lowest BCUT2D eigenvalue weighted by molar-refractivity contribution is 0.101. The summed E-state index contributed by atoms with van der Waals surface area (Å²) in [6.07, 6.45) is 1.55. The van der Waals surface area contributed by atoms with Crippen molar-refractivity contribution < 1.29 is 13.7 Å². The third-order valence-electron chi connectivity index (χ3n) is 3.69. The number of aromatic nitrogens is 4. The second kappa shape index (κ2) is 6.52. The second-order valence-electron chi connectivity index (χ2n) is 5.39. The molecule has 7 nitrogen and oxygen atoms in total. The van der Waals surface area contributed by atoms with Crippen molar-refractivity contribution in [1.82, 2.24) is 19.9 Å². The van der Waals surface area contributed by atoms with Crippen LogP contribution in [0.2, 0.25) is 0 Å². The van der Waals surface area contributed by atoms with Crippen molar-refractivity contribution >= 4 is 22.9 Å². The zero-order valence-corrected chi connectivity index (χ0v) is 14.3. The van der Waals surface area contributed by atoms with Crippen LogP contribution >= 0.6 is 11.3 Å². The number of anilines is 1. The standard InChI is InChI=1S/C17H12FN5O2S/c1-23-13(6-8-19-23)16(24)20-12-7-9-26-14(12)17-21-15(22-25-17)10-2-4-11(18)5-3-10/h2-9H,1H3,(H,20,24). The molecule has 4 aromatic rings. The van der Waals surface area contributed by atoms with Crippen molar-refractivity contribution in [3.8, 4) is 22.2 Å². The molecule has 0 saturated carbocycles. The Balaban J connectivity index is 1.60. The van der Waals surface area contributed by atoms with Crippen LogP contribution in [0.5, 0.6) is 0 Å². The molecule has 0 spiro atoms.